The van der Waals surface area contributed by atoms with Crippen LogP contribution in [0.3, 0.4) is 0 Å². The van der Waals surface area contributed by atoms with Crippen LogP contribution in [0.4, 0.5) is 10.7 Å². The number of hydrogen-bond acceptors (Lipinski definition) is 9. The van der Waals surface area contributed by atoms with Gasteiger partial charge in [-0.15, -0.1) is 11.3 Å². The molecule has 0 radical (unpaired) electrons. The van der Waals surface area contributed by atoms with Crippen LogP contribution in [0.15, 0.2) is 101 Å². The zero-order chi connectivity index (χ0) is 32.0. The quantitative estimate of drug-likeness (QED) is 0.0587. The summed E-state index contributed by atoms with van der Waals surface area (Å²) >= 11 is 2.42. The minimum atomic E-state index is -0.682. The van der Waals surface area contributed by atoms with Crippen molar-refractivity contribution in [3.05, 3.63) is 122 Å². The summed E-state index contributed by atoms with van der Waals surface area (Å²) in [6, 6.07) is 29.7. The maximum atomic E-state index is 13.1. The number of benzene rings is 3. The highest BCUT2D eigenvalue weighted by Crippen LogP contribution is 2.39. The number of amides is 1. The molecule has 0 fully saturated rings. The van der Waals surface area contributed by atoms with Gasteiger partial charge in [-0.05, 0) is 66.8 Å². The number of rotatable bonds is 8. The van der Waals surface area contributed by atoms with Crippen LogP contribution in [-0.4, -0.2) is 20.8 Å². The molecule has 2 aromatic heterocycles. The summed E-state index contributed by atoms with van der Waals surface area (Å²) in [5.74, 6) is -0.682. The van der Waals surface area contributed by atoms with E-state index in [0.717, 1.165) is 59.0 Å². The Morgan fingerprint density at radius 3 is 2.20 bits per heavy atom. The molecule has 5 aromatic rings. The molecule has 0 aliphatic heterocycles. The van der Waals surface area contributed by atoms with E-state index in [-0.39, 0.29) is 11.3 Å². The lowest BCUT2D eigenvalue weighted by atomic mass is 9.96. The zero-order valence-corrected chi connectivity index (χ0v) is 25.9. The molecule has 9 nitrogen and oxygen atoms in total. The molecule has 224 valence electrons. The van der Waals surface area contributed by atoms with Gasteiger partial charge in [-0.3, -0.25) is 14.9 Å². The van der Waals surface area contributed by atoms with E-state index in [9.17, 15) is 25.4 Å². The molecule has 1 aliphatic carbocycles. The zero-order valence-electron chi connectivity index (χ0n) is 24.3. The summed E-state index contributed by atoms with van der Waals surface area (Å²) in [6.07, 6.45) is 4.96. The second-order valence-electron chi connectivity index (χ2n) is 10.4. The van der Waals surface area contributed by atoms with Gasteiger partial charge in [0.1, 0.15) is 22.7 Å². The lowest BCUT2D eigenvalue weighted by molar-refractivity contribution is -0.387. The molecule has 0 unspecified atom stereocenters. The van der Waals surface area contributed by atoms with Gasteiger partial charge < -0.3 is 5.32 Å². The van der Waals surface area contributed by atoms with E-state index in [1.807, 2.05) is 72.8 Å². The van der Waals surface area contributed by atoms with E-state index in [4.69, 9.17) is 9.97 Å². The normalized spacial score (nSPS) is 12.4. The number of nitriles is 2. The van der Waals surface area contributed by atoms with Crippen molar-refractivity contribution in [1.82, 2.24) is 9.97 Å². The Hall–Kier alpha value is -5.62. The molecule has 0 atom stereocenters. The number of nitrogens with zero attached hydrogens (tertiary/aromatic N) is 5. The van der Waals surface area contributed by atoms with Crippen molar-refractivity contribution in [2.24, 2.45) is 0 Å². The topological polar surface area (TPSA) is 146 Å². The van der Waals surface area contributed by atoms with E-state index in [2.05, 4.69) is 11.4 Å². The molecule has 11 heteroatoms. The third kappa shape index (κ3) is 6.57. The summed E-state index contributed by atoms with van der Waals surface area (Å²) in [6.45, 7) is 0. The van der Waals surface area contributed by atoms with E-state index in [1.54, 1.807) is 12.1 Å². The highest BCUT2D eigenvalue weighted by atomic mass is 32.2. The van der Waals surface area contributed by atoms with Crippen LogP contribution in [0.2, 0.25) is 0 Å². The van der Waals surface area contributed by atoms with E-state index in [0.29, 0.717) is 37.6 Å². The summed E-state index contributed by atoms with van der Waals surface area (Å²) in [7, 11) is 0. The number of thiophene rings is 1. The molecule has 1 N–H and O–H groups in total. The first kappa shape index (κ1) is 30.4. The summed E-state index contributed by atoms with van der Waals surface area (Å²) in [5.41, 5.74) is 4.37. The number of aromatic nitrogens is 2. The van der Waals surface area contributed by atoms with Gasteiger partial charge in [-0.2, -0.15) is 10.5 Å². The van der Waals surface area contributed by atoms with Gasteiger partial charge in [0, 0.05) is 22.1 Å². The minimum absolute atomic E-state index is 0.218. The van der Waals surface area contributed by atoms with Crippen molar-refractivity contribution < 1.29 is 9.72 Å². The SMILES string of the molecule is N#CC(=Cc1ccc(Sc2nc(-c3ccccc3)cc(-c3ccccc3)n2)c([N+](=O)[O-])c1)C(=O)Nc1sc2c(c1C#N)CCCC2. The third-order valence-corrected chi connectivity index (χ3v) is 9.55. The minimum Gasteiger partial charge on any atom is -0.312 e. The maximum absolute atomic E-state index is 13.1. The first-order valence-electron chi connectivity index (χ1n) is 14.4. The molecule has 0 bridgehead atoms. The van der Waals surface area contributed by atoms with E-state index < -0.39 is 10.8 Å². The fraction of sp³-hybridized carbons (Fsp3) is 0.114. The van der Waals surface area contributed by atoms with Gasteiger partial charge in [0.25, 0.3) is 11.6 Å². The first-order valence-corrected chi connectivity index (χ1v) is 16.0. The monoisotopic (exact) mass is 640 g/mol. The second kappa shape index (κ2) is 13.6. The fourth-order valence-corrected chi connectivity index (χ4v) is 7.29. The average molecular weight is 641 g/mol. The number of fused-ring (bicyclic) bond motifs is 1. The van der Waals surface area contributed by atoms with Crippen LogP contribution in [-0.2, 0) is 17.6 Å². The third-order valence-electron chi connectivity index (χ3n) is 7.41. The predicted octanol–water partition coefficient (Wildman–Crippen LogP) is 8.23. The van der Waals surface area contributed by atoms with Crippen LogP contribution < -0.4 is 5.32 Å². The highest BCUT2D eigenvalue weighted by molar-refractivity contribution is 7.99. The van der Waals surface area contributed by atoms with Crippen molar-refractivity contribution in [2.75, 3.05) is 5.32 Å². The number of aryl methyl sites for hydroxylation is 1. The number of hydrogen-bond donors (Lipinski definition) is 1. The largest absolute Gasteiger partial charge is 0.312 e. The lowest BCUT2D eigenvalue weighted by Crippen LogP contribution is -2.13. The predicted molar refractivity (Wildman–Crippen MR) is 178 cm³/mol. The van der Waals surface area contributed by atoms with Crippen LogP contribution in [0.25, 0.3) is 28.6 Å². The summed E-state index contributed by atoms with van der Waals surface area (Å²) < 4.78 is 0. The molecule has 3 aromatic carbocycles. The van der Waals surface area contributed by atoms with Crippen molar-refractivity contribution in [1.29, 1.82) is 10.5 Å². The second-order valence-corrected chi connectivity index (χ2v) is 12.5. The average Bonchev–Trinajstić information content (AvgIpc) is 3.45. The van der Waals surface area contributed by atoms with Gasteiger partial charge in [0.05, 0.1) is 26.8 Å². The molecule has 0 saturated heterocycles. The van der Waals surface area contributed by atoms with Crippen LogP contribution in [0.1, 0.15) is 34.4 Å². The number of carbonyl (C=O) groups is 1. The van der Waals surface area contributed by atoms with Gasteiger partial charge >= 0.3 is 0 Å². The molecular formula is C35H24N6O3S2. The van der Waals surface area contributed by atoms with Crippen molar-refractivity contribution in [2.45, 2.75) is 35.7 Å². The fourth-order valence-electron chi connectivity index (χ4n) is 5.19. The molecular weight excluding hydrogens is 617 g/mol. The molecule has 46 heavy (non-hydrogen) atoms. The van der Waals surface area contributed by atoms with Crippen molar-refractivity contribution in [3.63, 3.8) is 0 Å². The number of carbonyl (C=O) groups excluding carboxylic acids is 1. The van der Waals surface area contributed by atoms with Gasteiger partial charge in [-0.25, -0.2) is 9.97 Å². The molecule has 2 heterocycles. The molecule has 1 amide bonds. The highest BCUT2D eigenvalue weighted by Gasteiger charge is 2.23. The molecule has 0 saturated carbocycles. The molecule has 6 rings (SSSR count). The van der Waals surface area contributed by atoms with Crippen molar-refractivity contribution >= 4 is 45.8 Å². The Kier molecular flexibility index (Phi) is 8.97. The number of nitro groups is 1. The van der Waals surface area contributed by atoms with E-state index >= 15 is 0 Å². The van der Waals surface area contributed by atoms with Gasteiger partial charge in [0.15, 0.2) is 5.16 Å². The van der Waals surface area contributed by atoms with Crippen molar-refractivity contribution in [3.8, 4) is 34.7 Å². The van der Waals surface area contributed by atoms with Crippen LogP contribution in [0.5, 0.6) is 0 Å². The Bertz CT molecular complexity index is 2020. The number of anilines is 1. The molecule has 0 spiro atoms. The Morgan fingerprint density at radius 2 is 1.59 bits per heavy atom. The first-order chi connectivity index (χ1) is 22.4. The van der Waals surface area contributed by atoms with Crippen LogP contribution >= 0.6 is 23.1 Å². The van der Waals surface area contributed by atoms with E-state index in [1.165, 1.54) is 23.5 Å². The lowest BCUT2D eigenvalue weighted by Gasteiger charge is -2.09. The Labute approximate surface area is 273 Å². The summed E-state index contributed by atoms with van der Waals surface area (Å²) in [4.78, 5) is 35.6. The standard InChI is InChI=1S/C35H24N6O3S2/c36-20-25(33(42)40-34-27(21-37)26-13-7-8-14-31(26)45-34)17-22-15-16-32(30(18-22)41(43)44)46-35-38-28(23-9-3-1-4-10-23)19-29(39-35)24-11-5-2-6-12-24/h1-6,9-12,15-19H,7-8,13-14H2,(H,40,42). The smallest absolute Gasteiger partial charge is 0.283 e. The van der Waals surface area contributed by atoms with Gasteiger partial charge in [0.2, 0.25) is 0 Å². The summed E-state index contributed by atoms with van der Waals surface area (Å²) in [5, 5.41) is 35.2. The number of nitrogens with one attached hydrogen (secondary N) is 1. The number of nitro benzene ring substituents is 1. The molecule has 1 aliphatic rings. The van der Waals surface area contributed by atoms with Crippen LogP contribution in [0, 0.1) is 32.8 Å². The maximum Gasteiger partial charge on any atom is 0.283 e. The Morgan fingerprint density at radius 1 is 0.935 bits per heavy atom. The Balaban J connectivity index is 1.30. The van der Waals surface area contributed by atoms with Gasteiger partial charge in [-0.1, -0.05) is 66.7 Å².